The molecule has 1 amide bonds. The summed E-state index contributed by atoms with van der Waals surface area (Å²) in [6.45, 7) is 6.52. The van der Waals surface area contributed by atoms with Gasteiger partial charge in [0.05, 0.1) is 5.02 Å². The van der Waals surface area contributed by atoms with Crippen molar-refractivity contribution in [3.63, 3.8) is 0 Å². The van der Waals surface area contributed by atoms with Gasteiger partial charge in [-0.2, -0.15) is 0 Å². The smallest absolute Gasteiger partial charge is 0.251 e. The molecule has 6 heteroatoms. The highest BCUT2D eigenvalue weighted by molar-refractivity contribution is 6.32. The molecule has 1 aromatic heterocycles. The summed E-state index contributed by atoms with van der Waals surface area (Å²) < 4.78 is 5.69. The first-order chi connectivity index (χ1) is 11.8. The van der Waals surface area contributed by atoms with Gasteiger partial charge in [-0.05, 0) is 49.6 Å². The monoisotopic (exact) mass is 361 g/mol. The molecule has 0 aliphatic carbocycles. The van der Waals surface area contributed by atoms with Gasteiger partial charge in [0.25, 0.3) is 5.91 Å². The fraction of sp³-hybridized carbons (Fsp3) is 0.368. The Kier molecular flexibility index (Phi) is 6.39. The Labute approximate surface area is 153 Å². The second-order valence-corrected chi connectivity index (χ2v) is 7.15. The lowest BCUT2D eigenvalue weighted by molar-refractivity contribution is 0.0898. The third-order valence-electron chi connectivity index (χ3n) is 3.80. The van der Waals surface area contributed by atoms with Crippen molar-refractivity contribution >= 4 is 17.5 Å². The lowest BCUT2D eigenvalue weighted by Gasteiger charge is -2.31. The van der Waals surface area contributed by atoms with E-state index in [9.17, 15) is 4.79 Å². The second kappa shape index (κ2) is 8.32. The molecule has 25 heavy (non-hydrogen) atoms. The number of carbonyl (C=O) groups excluding carboxylic acids is 1. The van der Waals surface area contributed by atoms with Crippen LogP contribution in [0, 0.1) is 5.92 Å². The Morgan fingerprint density at radius 2 is 2.00 bits per heavy atom. The average Bonchev–Trinajstić information content (AvgIpc) is 2.56. The highest BCUT2D eigenvalue weighted by atomic mass is 35.5. The summed E-state index contributed by atoms with van der Waals surface area (Å²) in [5.41, 5.74) is 5.87. The molecule has 3 N–H and O–H groups in total. The topological polar surface area (TPSA) is 77.2 Å². The van der Waals surface area contributed by atoms with Crippen LogP contribution in [-0.2, 0) is 0 Å². The molecule has 2 rings (SSSR count). The summed E-state index contributed by atoms with van der Waals surface area (Å²) in [5, 5.41) is 3.38. The Hall–Kier alpha value is -2.11. The van der Waals surface area contributed by atoms with Gasteiger partial charge < -0.3 is 15.8 Å². The summed E-state index contributed by atoms with van der Waals surface area (Å²) >= 11 is 6.27. The van der Waals surface area contributed by atoms with Gasteiger partial charge in [-0.15, -0.1) is 0 Å². The number of nitrogens with two attached hydrogens (primary N) is 1. The van der Waals surface area contributed by atoms with Gasteiger partial charge in [0.15, 0.2) is 0 Å². The highest BCUT2D eigenvalue weighted by Crippen LogP contribution is 2.30. The number of benzene rings is 1. The predicted molar refractivity (Wildman–Crippen MR) is 100 cm³/mol. The minimum absolute atomic E-state index is 0.203. The van der Waals surface area contributed by atoms with E-state index in [0.29, 0.717) is 34.5 Å². The van der Waals surface area contributed by atoms with Crippen LogP contribution in [0.2, 0.25) is 5.02 Å². The molecule has 134 valence electrons. The number of ether oxygens (including phenoxy) is 1. The minimum atomic E-state index is -0.454. The van der Waals surface area contributed by atoms with E-state index in [1.54, 1.807) is 42.7 Å². The number of nitrogens with one attached hydrogen (secondary N) is 1. The van der Waals surface area contributed by atoms with E-state index < -0.39 is 5.54 Å². The summed E-state index contributed by atoms with van der Waals surface area (Å²) in [7, 11) is 0. The summed E-state index contributed by atoms with van der Waals surface area (Å²) in [6.07, 6.45) is 4.06. The van der Waals surface area contributed by atoms with Crippen LogP contribution in [0.5, 0.6) is 11.5 Å². The quantitative estimate of drug-likeness (QED) is 0.780. The number of nitrogens with zero attached hydrogens (tertiary/aromatic N) is 1. The minimum Gasteiger partial charge on any atom is -0.456 e. The molecule has 0 fully saturated rings. The van der Waals surface area contributed by atoms with E-state index in [1.807, 2.05) is 6.92 Å². The second-order valence-electron chi connectivity index (χ2n) is 6.75. The van der Waals surface area contributed by atoms with Gasteiger partial charge in [0, 0.05) is 30.0 Å². The number of halogens is 1. The Morgan fingerprint density at radius 3 is 2.56 bits per heavy atom. The molecule has 1 heterocycles. The van der Waals surface area contributed by atoms with E-state index in [2.05, 4.69) is 24.1 Å². The van der Waals surface area contributed by atoms with Crippen LogP contribution in [0.4, 0.5) is 0 Å². The van der Waals surface area contributed by atoms with Gasteiger partial charge in [-0.1, -0.05) is 25.4 Å². The first-order valence-corrected chi connectivity index (χ1v) is 8.61. The number of pyridine rings is 1. The number of aromatic nitrogens is 1. The summed E-state index contributed by atoms with van der Waals surface area (Å²) in [5.74, 6) is 1.33. The van der Waals surface area contributed by atoms with Crippen LogP contribution in [0.15, 0.2) is 42.7 Å². The van der Waals surface area contributed by atoms with Crippen LogP contribution in [-0.4, -0.2) is 23.0 Å². The summed E-state index contributed by atoms with van der Waals surface area (Å²) in [4.78, 5) is 16.5. The van der Waals surface area contributed by atoms with Crippen LogP contribution >= 0.6 is 11.6 Å². The lowest BCUT2D eigenvalue weighted by Crippen LogP contribution is -2.52. The first-order valence-electron chi connectivity index (χ1n) is 8.23. The molecule has 0 aliphatic heterocycles. The van der Waals surface area contributed by atoms with Gasteiger partial charge >= 0.3 is 0 Å². The number of hydrogen-bond donors (Lipinski definition) is 2. The fourth-order valence-corrected chi connectivity index (χ4v) is 2.91. The van der Waals surface area contributed by atoms with Gasteiger partial charge in [-0.25, -0.2) is 0 Å². The van der Waals surface area contributed by atoms with Crippen LogP contribution in [0.1, 0.15) is 37.6 Å². The number of hydrogen-bond acceptors (Lipinski definition) is 4. The zero-order chi connectivity index (χ0) is 18.4. The van der Waals surface area contributed by atoms with Crippen molar-refractivity contribution in [2.45, 2.75) is 32.7 Å². The van der Waals surface area contributed by atoms with Gasteiger partial charge in [0.1, 0.15) is 11.5 Å². The Morgan fingerprint density at radius 1 is 1.32 bits per heavy atom. The molecular weight excluding hydrogens is 338 g/mol. The fourth-order valence-electron chi connectivity index (χ4n) is 2.69. The van der Waals surface area contributed by atoms with Crippen LogP contribution < -0.4 is 15.8 Å². The maximum absolute atomic E-state index is 12.5. The van der Waals surface area contributed by atoms with Crippen molar-refractivity contribution in [2.24, 2.45) is 11.7 Å². The molecule has 1 aromatic carbocycles. The molecule has 0 saturated carbocycles. The molecule has 5 nitrogen and oxygen atoms in total. The van der Waals surface area contributed by atoms with E-state index in [1.165, 1.54) is 0 Å². The number of amides is 1. The van der Waals surface area contributed by atoms with Crippen molar-refractivity contribution in [3.05, 3.63) is 53.3 Å². The van der Waals surface area contributed by atoms with Gasteiger partial charge in [0.2, 0.25) is 0 Å². The molecule has 0 aliphatic rings. The Balaban J connectivity index is 2.12. The number of carbonyl (C=O) groups is 1. The van der Waals surface area contributed by atoms with E-state index in [-0.39, 0.29) is 5.91 Å². The van der Waals surface area contributed by atoms with Crippen molar-refractivity contribution in [3.8, 4) is 11.5 Å². The molecule has 0 bridgehead atoms. The molecule has 0 saturated heterocycles. The maximum atomic E-state index is 12.5. The zero-order valence-electron chi connectivity index (χ0n) is 14.8. The van der Waals surface area contributed by atoms with Crippen molar-refractivity contribution in [1.82, 2.24) is 10.3 Å². The molecule has 0 radical (unpaired) electrons. The largest absolute Gasteiger partial charge is 0.456 e. The normalized spacial score (nSPS) is 13.4. The molecule has 1 atom stereocenters. The van der Waals surface area contributed by atoms with Crippen molar-refractivity contribution < 1.29 is 9.53 Å². The Bertz CT molecular complexity index is 722. The van der Waals surface area contributed by atoms with E-state index >= 15 is 0 Å². The zero-order valence-corrected chi connectivity index (χ0v) is 15.5. The van der Waals surface area contributed by atoms with Gasteiger partial charge in [-0.3, -0.25) is 9.78 Å². The molecule has 1 unspecified atom stereocenters. The van der Waals surface area contributed by atoms with Crippen LogP contribution in [0.3, 0.4) is 0 Å². The highest BCUT2D eigenvalue weighted by Gasteiger charge is 2.26. The standard InChI is InChI=1S/C19H24ClN3O2/c1-13(2)11-19(3,12-21)23-18(24)14-4-5-17(16(20)10-14)25-15-6-8-22-9-7-15/h4-10,13H,11-12,21H2,1-3H3,(H,23,24). The predicted octanol–water partition coefficient (Wildman–Crippen LogP) is 4.02. The van der Waals surface area contributed by atoms with E-state index in [4.69, 9.17) is 22.1 Å². The molecule has 0 spiro atoms. The van der Waals surface area contributed by atoms with E-state index in [0.717, 1.165) is 6.42 Å². The van der Waals surface area contributed by atoms with Crippen LogP contribution in [0.25, 0.3) is 0 Å². The molecule has 2 aromatic rings. The lowest BCUT2D eigenvalue weighted by atomic mass is 9.90. The SMILES string of the molecule is CC(C)CC(C)(CN)NC(=O)c1ccc(Oc2ccncc2)c(Cl)c1. The first kappa shape index (κ1) is 19.2. The summed E-state index contributed by atoms with van der Waals surface area (Å²) in [6, 6.07) is 8.43. The number of rotatable bonds is 7. The third-order valence-corrected chi connectivity index (χ3v) is 4.09. The average molecular weight is 362 g/mol. The van der Waals surface area contributed by atoms with Crippen molar-refractivity contribution in [2.75, 3.05) is 6.54 Å². The maximum Gasteiger partial charge on any atom is 0.251 e. The third kappa shape index (κ3) is 5.44. The van der Waals surface area contributed by atoms with Crippen molar-refractivity contribution in [1.29, 1.82) is 0 Å². The molecular formula is C19H24ClN3O2.